The highest BCUT2D eigenvalue weighted by molar-refractivity contribution is 5.35. The van der Waals surface area contributed by atoms with E-state index in [0.29, 0.717) is 0 Å². The van der Waals surface area contributed by atoms with Crippen LogP contribution in [0.15, 0.2) is 24.3 Å². The molecule has 0 unspecified atom stereocenters. The van der Waals surface area contributed by atoms with E-state index in [-0.39, 0.29) is 0 Å². The highest BCUT2D eigenvalue weighted by Crippen LogP contribution is 2.41. The zero-order chi connectivity index (χ0) is 8.39. The lowest BCUT2D eigenvalue weighted by atomic mass is 10.0. The zero-order valence-electron chi connectivity index (χ0n) is 7.09. The van der Waals surface area contributed by atoms with Crippen molar-refractivity contribution in [1.29, 1.82) is 0 Å². The van der Waals surface area contributed by atoms with Crippen LogP contribution in [0.1, 0.15) is 29.9 Å². The Morgan fingerprint density at radius 3 is 2.75 bits per heavy atom. The minimum Gasteiger partial charge on any atom is -0.120 e. The van der Waals surface area contributed by atoms with Crippen LogP contribution in [0.5, 0.6) is 0 Å². The van der Waals surface area contributed by atoms with Crippen LogP contribution in [-0.2, 0) is 6.42 Å². The molecule has 0 saturated heterocycles. The Balaban J connectivity index is 2.31. The van der Waals surface area contributed by atoms with E-state index in [2.05, 4.69) is 30.2 Å². The average molecular weight is 156 g/mol. The molecule has 12 heavy (non-hydrogen) atoms. The van der Waals surface area contributed by atoms with E-state index in [0.717, 1.165) is 12.3 Å². The Morgan fingerprint density at radius 1 is 1.33 bits per heavy atom. The van der Waals surface area contributed by atoms with E-state index in [4.69, 9.17) is 6.42 Å². The predicted octanol–water partition coefficient (Wildman–Crippen LogP) is 2.74. The maximum absolute atomic E-state index is 5.30. The maximum atomic E-state index is 5.30. The first-order valence-corrected chi connectivity index (χ1v) is 4.43. The van der Waals surface area contributed by atoms with Crippen LogP contribution < -0.4 is 0 Å². The van der Waals surface area contributed by atoms with Crippen molar-refractivity contribution in [3.8, 4) is 12.3 Å². The van der Waals surface area contributed by atoms with Gasteiger partial charge >= 0.3 is 0 Å². The van der Waals surface area contributed by atoms with Gasteiger partial charge in [-0.3, -0.25) is 0 Å². The van der Waals surface area contributed by atoms with Crippen molar-refractivity contribution in [2.45, 2.75) is 25.2 Å². The topological polar surface area (TPSA) is 0 Å². The van der Waals surface area contributed by atoms with Gasteiger partial charge in [0.15, 0.2) is 0 Å². The summed E-state index contributed by atoms with van der Waals surface area (Å²) in [5.74, 6) is 3.52. The molecule has 0 heteroatoms. The molecule has 1 saturated carbocycles. The molecular formula is C12H12. The van der Waals surface area contributed by atoms with Gasteiger partial charge in [0.2, 0.25) is 0 Å². The number of hydrogen-bond acceptors (Lipinski definition) is 0. The molecule has 1 fully saturated rings. The van der Waals surface area contributed by atoms with Gasteiger partial charge in [0.05, 0.1) is 0 Å². The third kappa shape index (κ3) is 1.36. The lowest BCUT2D eigenvalue weighted by molar-refractivity contribution is 1.08. The van der Waals surface area contributed by atoms with Crippen molar-refractivity contribution in [2.24, 2.45) is 0 Å². The van der Waals surface area contributed by atoms with Gasteiger partial charge in [-0.1, -0.05) is 24.3 Å². The van der Waals surface area contributed by atoms with Crippen LogP contribution in [0.3, 0.4) is 0 Å². The molecule has 0 N–H and O–H groups in total. The summed E-state index contributed by atoms with van der Waals surface area (Å²) in [4.78, 5) is 0. The molecule has 0 spiro atoms. The maximum Gasteiger partial charge on any atom is 0.0340 e. The first-order chi connectivity index (χ1) is 5.92. The van der Waals surface area contributed by atoms with Crippen LogP contribution in [0.2, 0.25) is 0 Å². The summed E-state index contributed by atoms with van der Waals surface area (Å²) < 4.78 is 0. The fraction of sp³-hybridized carbons (Fsp3) is 0.333. The van der Waals surface area contributed by atoms with Crippen molar-refractivity contribution in [1.82, 2.24) is 0 Å². The second kappa shape index (κ2) is 3.03. The van der Waals surface area contributed by atoms with Crippen LogP contribution >= 0.6 is 0 Å². The van der Waals surface area contributed by atoms with Gasteiger partial charge in [0.25, 0.3) is 0 Å². The molecule has 1 aromatic rings. The predicted molar refractivity (Wildman–Crippen MR) is 51.0 cm³/mol. The van der Waals surface area contributed by atoms with E-state index < -0.39 is 0 Å². The molecular weight excluding hydrogens is 144 g/mol. The van der Waals surface area contributed by atoms with Gasteiger partial charge in [-0.15, -0.1) is 12.3 Å². The number of rotatable bonds is 2. The molecule has 1 aromatic carbocycles. The van der Waals surface area contributed by atoms with Gasteiger partial charge in [-0.2, -0.15) is 0 Å². The number of benzene rings is 1. The molecule has 0 amide bonds. The third-order valence-electron chi connectivity index (χ3n) is 2.36. The van der Waals surface area contributed by atoms with Crippen molar-refractivity contribution in [3.63, 3.8) is 0 Å². The molecule has 0 radical (unpaired) electrons. The molecule has 0 nitrogen and oxygen atoms in total. The monoisotopic (exact) mass is 156 g/mol. The summed E-state index contributed by atoms with van der Waals surface area (Å²) in [6.45, 7) is 0. The lowest BCUT2D eigenvalue weighted by Crippen LogP contribution is -1.89. The van der Waals surface area contributed by atoms with E-state index in [1.54, 1.807) is 0 Å². The standard InChI is InChI=1S/C12H12/c1-2-5-10-6-3-4-7-12(10)11-8-9-11/h1,3-4,6-7,11H,5,8-9H2. The van der Waals surface area contributed by atoms with Crippen LogP contribution in [0.25, 0.3) is 0 Å². The number of terminal acetylenes is 1. The SMILES string of the molecule is C#CCc1ccccc1C1CC1. The zero-order valence-corrected chi connectivity index (χ0v) is 7.09. The Labute approximate surface area is 73.6 Å². The Kier molecular flexibility index (Phi) is 1.87. The minimum atomic E-state index is 0.784. The van der Waals surface area contributed by atoms with Crippen LogP contribution in [0, 0.1) is 12.3 Å². The summed E-state index contributed by atoms with van der Waals surface area (Å²) in [6.07, 6.45) is 8.78. The van der Waals surface area contributed by atoms with Gasteiger partial charge in [0, 0.05) is 6.42 Å². The van der Waals surface area contributed by atoms with Crippen LogP contribution in [-0.4, -0.2) is 0 Å². The van der Waals surface area contributed by atoms with Gasteiger partial charge in [-0.25, -0.2) is 0 Å². The summed E-state index contributed by atoms with van der Waals surface area (Å²) in [5.41, 5.74) is 2.83. The summed E-state index contributed by atoms with van der Waals surface area (Å²) >= 11 is 0. The molecule has 0 bridgehead atoms. The Hall–Kier alpha value is -1.22. The van der Waals surface area contributed by atoms with Gasteiger partial charge in [-0.05, 0) is 29.9 Å². The first-order valence-electron chi connectivity index (χ1n) is 4.43. The van der Waals surface area contributed by atoms with E-state index in [1.165, 1.54) is 24.0 Å². The van der Waals surface area contributed by atoms with Crippen molar-refractivity contribution in [3.05, 3.63) is 35.4 Å². The van der Waals surface area contributed by atoms with Gasteiger partial charge < -0.3 is 0 Å². The van der Waals surface area contributed by atoms with Crippen molar-refractivity contribution < 1.29 is 0 Å². The normalized spacial score (nSPS) is 15.6. The average Bonchev–Trinajstić information content (AvgIpc) is 2.89. The second-order valence-corrected chi connectivity index (χ2v) is 3.35. The Morgan fingerprint density at radius 2 is 2.08 bits per heavy atom. The smallest absolute Gasteiger partial charge is 0.0340 e. The molecule has 2 rings (SSSR count). The first kappa shape index (κ1) is 7.43. The molecule has 0 aromatic heterocycles. The molecule has 1 aliphatic carbocycles. The van der Waals surface area contributed by atoms with Crippen LogP contribution in [0.4, 0.5) is 0 Å². The molecule has 60 valence electrons. The Bertz CT molecular complexity index is 313. The third-order valence-corrected chi connectivity index (χ3v) is 2.36. The quantitative estimate of drug-likeness (QED) is 0.577. The fourth-order valence-electron chi connectivity index (χ4n) is 1.60. The molecule has 0 heterocycles. The van der Waals surface area contributed by atoms with E-state index in [1.807, 2.05) is 0 Å². The molecule has 0 aliphatic heterocycles. The van der Waals surface area contributed by atoms with E-state index in [9.17, 15) is 0 Å². The molecule has 0 atom stereocenters. The van der Waals surface area contributed by atoms with Gasteiger partial charge in [0.1, 0.15) is 0 Å². The highest BCUT2D eigenvalue weighted by Gasteiger charge is 2.24. The lowest BCUT2D eigenvalue weighted by Gasteiger charge is -2.03. The largest absolute Gasteiger partial charge is 0.120 e. The molecule has 1 aliphatic rings. The fourth-order valence-corrected chi connectivity index (χ4v) is 1.60. The van der Waals surface area contributed by atoms with Crippen molar-refractivity contribution >= 4 is 0 Å². The van der Waals surface area contributed by atoms with Crippen molar-refractivity contribution in [2.75, 3.05) is 0 Å². The highest BCUT2D eigenvalue weighted by atomic mass is 14.3. The van der Waals surface area contributed by atoms with E-state index >= 15 is 0 Å². The summed E-state index contributed by atoms with van der Waals surface area (Å²) in [6, 6.07) is 8.53. The minimum absolute atomic E-state index is 0.784. The number of hydrogen-bond donors (Lipinski definition) is 0. The summed E-state index contributed by atoms with van der Waals surface area (Å²) in [7, 11) is 0. The summed E-state index contributed by atoms with van der Waals surface area (Å²) in [5, 5.41) is 0. The second-order valence-electron chi connectivity index (χ2n) is 3.35.